The van der Waals surface area contributed by atoms with Crippen molar-refractivity contribution in [1.29, 1.82) is 0 Å². The predicted molar refractivity (Wildman–Crippen MR) is 93.6 cm³/mol. The lowest BCUT2D eigenvalue weighted by Gasteiger charge is -2.28. The number of aromatic nitrogens is 2. The van der Waals surface area contributed by atoms with Gasteiger partial charge >= 0.3 is 0 Å². The van der Waals surface area contributed by atoms with Crippen molar-refractivity contribution in [3.63, 3.8) is 0 Å². The van der Waals surface area contributed by atoms with Crippen molar-refractivity contribution in [3.05, 3.63) is 46.7 Å². The van der Waals surface area contributed by atoms with E-state index in [0.717, 1.165) is 5.56 Å². The molecule has 1 aromatic heterocycles. The van der Waals surface area contributed by atoms with Crippen LogP contribution in [0.1, 0.15) is 22.3 Å². The molecule has 138 valence electrons. The number of amides is 1. The van der Waals surface area contributed by atoms with Crippen LogP contribution >= 0.6 is 11.6 Å². The van der Waals surface area contributed by atoms with E-state index in [1.165, 1.54) is 17.3 Å². The molecule has 0 spiro atoms. The Bertz CT molecular complexity index is 815. The summed E-state index contributed by atoms with van der Waals surface area (Å²) in [5.74, 6) is -3.27. The van der Waals surface area contributed by atoms with Crippen LogP contribution in [-0.4, -0.2) is 45.8 Å². The van der Waals surface area contributed by atoms with Crippen molar-refractivity contribution in [2.75, 3.05) is 18.4 Å². The van der Waals surface area contributed by atoms with E-state index in [4.69, 9.17) is 11.6 Å². The van der Waals surface area contributed by atoms with E-state index in [2.05, 4.69) is 21.0 Å². The zero-order valence-electron chi connectivity index (χ0n) is 14.2. The fraction of sp³-hybridized carbons (Fsp3) is 0.353. The molecule has 2 heterocycles. The summed E-state index contributed by atoms with van der Waals surface area (Å²) in [7, 11) is 0. The van der Waals surface area contributed by atoms with Crippen molar-refractivity contribution in [1.82, 2.24) is 14.9 Å². The SMILES string of the molecule is Cc1ccc([NH3+])c(C(=O)N2CCC(F)(F)C2CNc2ncc(Cl)cn2)c1. The monoisotopic (exact) mass is 382 g/mol. The first-order valence-electron chi connectivity index (χ1n) is 8.11. The topological polar surface area (TPSA) is 85.8 Å². The van der Waals surface area contributed by atoms with Crippen LogP contribution in [0.2, 0.25) is 5.02 Å². The highest BCUT2D eigenvalue weighted by Gasteiger charge is 2.50. The molecule has 1 fully saturated rings. The number of benzene rings is 1. The van der Waals surface area contributed by atoms with Crippen molar-refractivity contribution < 1.29 is 19.3 Å². The molecule has 9 heteroatoms. The van der Waals surface area contributed by atoms with Gasteiger partial charge in [0.25, 0.3) is 11.8 Å². The van der Waals surface area contributed by atoms with E-state index < -0.39 is 17.9 Å². The number of nitrogens with zero attached hydrogens (tertiary/aromatic N) is 3. The average Bonchev–Trinajstić information content (AvgIpc) is 2.90. The highest BCUT2D eigenvalue weighted by atomic mass is 35.5. The standard InChI is InChI=1S/C17H18ClF2N5O/c1-10-2-3-13(21)12(6-10)15(26)25-5-4-17(19,20)14(25)9-24-16-22-7-11(18)8-23-16/h2-3,6-8,14H,4-5,9,21H2,1H3,(H,22,23,24)/p+1. The Morgan fingerprint density at radius 1 is 1.42 bits per heavy atom. The Hall–Kier alpha value is -2.32. The lowest BCUT2D eigenvalue weighted by molar-refractivity contribution is -0.255. The van der Waals surface area contributed by atoms with Crippen molar-refractivity contribution >= 4 is 29.1 Å². The van der Waals surface area contributed by atoms with Crippen LogP contribution in [0.25, 0.3) is 0 Å². The maximum absolute atomic E-state index is 14.4. The molecule has 1 atom stereocenters. The normalized spacial score (nSPS) is 18.8. The summed E-state index contributed by atoms with van der Waals surface area (Å²) < 4.78 is 28.7. The number of alkyl halides is 2. The van der Waals surface area contributed by atoms with Crippen molar-refractivity contribution in [3.8, 4) is 0 Å². The van der Waals surface area contributed by atoms with E-state index in [-0.39, 0.29) is 25.5 Å². The molecule has 0 saturated carbocycles. The molecule has 0 radical (unpaired) electrons. The van der Waals surface area contributed by atoms with Gasteiger partial charge in [-0.05, 0) is 24.6 Å². The molecule has 1 saturated heterocycles. The molecule has 1 aromatic carbocycles. The van der Waals surface area contributed by atoms with Gasteiger partial charge in [0.1, 0.15) is 17.3 Å². The number of nitrogens with one attached hydrogen (secondary N) is 1. The fourth-order valence-corrected chi connectivity index (χ4v) is 3.06. The number of quaternary nitrogens is 1. The van der Waals surface area contributed by atoms with Gasteiger partial charge in [0.05, 0.1) is 17.4 Å². The molecule has 0 bridgehead atoms. The molecule has 3 rings (SSSR count). The van der Waals surface area contributed by atoms with Crippen LogP contribution in [0, 0.1) is 6.92 Å². The van der Waals surface area contributed by atoms with Gasteiger partial charge in [0.2, 0.25) is 5.95 Å². The summed E-state index contributed by atoms with van der Waals surface area (Å²) in [6, 6.07) is 3.92. The van der Waals surface area contributed by atoms with E-state index in [9.17, 15) is 13.6 Å². The number of rotatable bonds is 4. The zero-order chi connectivity index (χ0) is 18.9. The Morgan fingerprint density at radius 3 is 2.81 bits per heavy atom. The lowest BCUT2D eigenvalue weighted by atomic mass is 10.1. The second kappa shape index (κ2) is 7.13. The minimum atomic E-state index is -3.00. The number of aryl methyl sites for hydroxylation is 1. The second-order valence-electron chi connectivity index (χ2n) is 6.29. The van der Waals surface area contributed by atoms with Crippen molar-refractivity contribution in [2.24, 2.45) is 0 Å². The Morgan fingerprint density at radius 2 is 2.12 bits per heavy atom. The smallest absolute Gasteiger partial charge is 0.271 e. The van der Waals surface area contributed by atoms with Crippen LogP contribution in [0.5, 0.6) is 0 Å². The summed E-state index contributed by atoms with van der Waals surface area (Å²) in [6.07, 6.45) is 2.35. The van der Waals surface area contributed by atoms with Gasteiger partial charge in [0.15, 0.2) is 0 Å². The molecule has 2 aromatic rings. The van der Waals surface area contributed by atoms with Gasteiger partial charge in [0, 0.05) is 19.5 Å². The summed E-state index contributed by atoms with van der Waals surface area (Å²) in [5, 5.41) is 3.11. The third-order valence-corrected chi connectivity index (χ3v) is 4.58. The number of likely N-dealkylation sites (tertiary alicyclic amines) is 1. The molecule has 4 N–H and O–H groups in total. The molecule has 6 nitrogen and oxygen atoms in total. The van der Waals surface area contributed by atoms with Crippen LogP contribution in [0.15, 0.2) is 30.6 Å². The summed E-state index contributed by atoms with van der Waals surface area (Å²) in [4.78, 5) is 21.9. The third kappa shape index (κ3) is 3.76. The lowest BCUT2D eigenvalue weighted by Crippen LogP contribution is -2.49. The number of halogens is 3. The first-order chi connectivity index (χ1) is 12.3. The Balaban J connectivity index is 1.80. The summed E-state index contributed by atoms with van der Waals surface area (Å²) in [5.41, 5.74) is 5.57. The third-order valence-electron chi connectivity index (χ3n) is 4.38. The van der Waals surface area contributed by atoms with E-state index >= 15 is 0 Å². The van der Waals surface area contributed by atoms with E-state index in [0.29, 0.717) is 16.3 Å². The van der Waals surface area contributed by atoms with Crippen molar-refractivity contribution in [2.45, 2.75) is 25.3 Å². The second-order valence-corrected chi connectivity index (χ2v) is 6.73. The molecule has 1 unspecified atom stereocenters. The van der Waals surface area contributed by atoms with Gasteiger partial charge in [-0.25, -0.2) is 18.7 Å². The summed E-state index contributed by atoms with van der Waals surface area (Å²) in [6.45, 7) is 1.65. The number of hydrogen-bond acceptors (Lipinski definition) is 4. The van der Waals surface area contributed by atoms with Crippen LogP contribution in [0.3, 0.4) is 0 Å². The molecule has 1 aliphatic heterocycles. The van der Waals surface area contributed by atoms with Gasteiger partial charge in [-0.2, -0.15) is 0 Å². The first-order valence-corrected chi connectivity index (χ1v) is 8.48. The molecule has 0 aliphatic carbocycles. The van der Waals surface area contributed by atoms with Gasteiger partial charge < -0.3 is 16.0 Å². The highest BCUT2D eigenvalue weighted by molar-refractivity contribution is 6.30. The maximum Gasteiger partial charge on any atom is 0.271 e. The van der Waals surface area contributed by atoms with Crippen LogP contribution in [-0.2, 0) is 0 Å². The summed E-state index contributed by atoms with van der Waals surface area (Å²) >= 11 is 5.71. The zero-order valence-corrected chi connectivity index (χ0v) is 14.9. The van der Waals surface area contributed by atoms with Gasteiger partial charge in [-0.15, -0.1) is 0 Å². The minimum absolute atomic E-state index is 0.0208. The number of carbonyl (C=O) groups excluding carboxylic acids is 1. The maximum atomic E-state index is 14.4. The number of anilines is 1. The van der Waals surface area contributed by atoms with Gasteiger partial charge in [-0.1, -0.05) is 17.7 Å². The minimum Gasteiger partial charge on any atom is -0.352 e. The molecular weight excluding hydrogens is 364 g/mol. The largest absolute Gasteiger partial charge is 0.352 e. The van der Waals surface area contributed by atoms with Gasteiger partial charge in [-0.3, -0.25) is 4.79 Å². The molecule has 1 aliphatic rings. The fourth-order valence-electron chi connectivity index (χ4n) is 2.96. The van der Waals surface area contributed by atoms with E-state index in [1.807, 2.05) is 13.0 Å². The highest BCUT2D eigenvalue weighted by Crippen LogP contribution is 2.35. The quantitative estimate of drug-likeness (QED) is 0.849. The molecule has 1 amide bonds. The first kappa shape index (κ1) is 18.5. The number of carbonyl (C=O) groups is 1. The predicted octanol–water partition coefficient (Wildman–Crippen LogP) is 2.27. The van der Waals surface area contributed by atoms with Crippen LogP contribution in [0.4, 0.5) is 20.4 Å². The molecule has 26 heavy (non-hydrogen) atoms. The number of hydrogen-bond donors (Lipinski definition) is 2. The molecular formula is C17H19ClF2N5O+. The Labute approximate surface area is 154 Å². The van der Waals surface area contributed by atoms with Crippen LogP contribution < -0.4 is 11.1 Å². The Kier molecular flexibility index (Phi) is 5.06. The van der Waals surface area contributed by atoms with E-state index in [1.54, 1.807) is 12.1 Å². The average molecular weight is 383 g/mol.